The van der Waals surface area contributed by atoms with Crippen LogP contribution in [0.1, 0.15) is 19.3 Å². The lowest BCUT2D eigenvalue weighted by molar-refractivity contribution is 0.157. The fraction of sp³-hybridized carbons (Fsp3) is 0.900. The van der Waals surface area contributed by atoms with Gasteiger partial charge in [-0.25, -0.2) is 0 Å². The van der Waals surface area contributed by atoms with E-state index in [9.17, 15) is 0 Å². The van der Waals surface area contributed by atoms with Crippen molar-refractivity contribution in [2.24, 2.45) is 11.7 Å². The van der Waals surface area contributed by atoms with Crippen molar-refractivity contribution in [2.75, 3.05) is 26.2 Å². The van der Waals surface area contributed by atoms with E-state index in [1.807, 2.05) is 0 Å². The molecule has 0 saturated carbocycles. The van der Waals surface area contributed by atoms with Crippen LogP contribution >= 0.6 is 0 Å². The Bertz CT molecular complexity index is 202. The molecule has 14 heavy (non-hydrogen) atoms. The number of hydrogen-bond acceptors (Lipinski definition) is 4. The van der Waals surface area contributed by atoms with Gasteiger partial charge in [-0.1, -0.05) is 0 Å². The topological polar surface area (TPSA) is 73.3 Å². The summed E-state index contributed by atoms with van der Waals surface area (Å²) in [4.78, 5) is 2.11. The van der Waals surface area contributed by atoms with Crippen LogP contribution in [0.15, 0.2) is 0 Å². The number of hydrogen-bond donors (Lipinski definition) is 2. The molecule has 0 spiro atoms. The number of rotatable bonds is 4. The first-order valence-corrected chi connectivity index (χ1v) is 5.22. The molecule has 0 radical (unpaired) electrons. The van der Waals surface area contributed by atoms with Gasteiger partial charge < -0.3 is 10.8 Å². The molecule has 0 aliphatic carbocycles. The maximum absolute atomic E-state index is 8.73. The van der Waals surface area contributed by atoms with Crippen LogP contribution in [-0.4, -0.2) is 42.3 Å². The molecule has 1 aliphatic heterocycles. The van der Waals surface area contributed by atoms with Gasteiger partial charge in [0, 0.05) is 25.7 Å². The lowest BCUT2D eigenvalue weighted by atomic mass is 9.91. The standard InChI is InChI=1S/C10H19N3O/c11-3-4-13-7-9(2-1-5-14)6-10(12)8-13/h9-10,14H,1-2,4-8,12H2. The first-order valence-electron chi connectivity index (χ1n) is 5.22. The van der Waals surface area contributed by atoms with E-state index in [0.29, 0.717) is 12.5 Å². The van der Waals surface area contributed by atoms with E-state index in [1.165, 1.54) is 0 Å². The molecule has 2 atom stereocenters. The van der Waals surface area contributed by atoms with E-state index in [1.54, 1.807) is 0 Å². The summed E-state index contributed by atoms with van der Waals surface area (Å²) in [6.07, 6.45) is 2.89. The second-order valence-corrected chi connectivity index (χ2v) is 4.08. The minimum absolute atomic E-state index is 0.195. The lowest BCUT2D eigenvalue weighted by Crippen LogP contribution is -2.47. The summed E-state index contributed by atoms with van der Waals surface area (Å²) in [5.41, 5.74) is 5.90. The molecule has 80 valence electrons. The lowest BCUT2D eigenvalue weighted by Gasteiger charge is -2.34. The first kappa shape index (κ1) is 11.4. The molecule has 0 bridgehead atoms. The number of nitrogens with two attached hydrogens (primary N) is 1. The van der Waals surface area contributed by atoms with Gasteiger partial charge in [-0.2, -0.15) is 5.26 Å². The van der Waals surface area contributed by atoms with E-state index < -0.39 is 0 Å². The summed E-state index contributed by atoms with van der Waals surface area (Å²) in [7, 11) is 0. The van der Waals surface area contributed by atoms with Crippen LogP contribution in [0, 0.1) is 17.2 Å². The van der Waals surface area contributed by atoms with Crippen LogP contribution in [0.5, 0.6) is 0 Å². The van der Waals surface area contributed by atoms with Crippen molar-refractivity contribution in [1.82, 2.24) is 4.90 Å². The SMILES string of the molecule is N#CCN1CC(N)CC(CCCO)C1. The van der Waals surface area contributed by atoms with E-state index >= 15 is 0 Å². The third kappa shape index (κ3) is 3.62. The van der Waals surface area contributed by atoms with Crippen molar-refractivity contribution in [3.05, 3.63) is 0 Å². The summed E-state index contributed by atoms with van der Waals surface area (Å²) in [5, 5.41) is 17.3. The molecule has 0 amide bonds. The van der Waals surface area contributed by atoms with Gasteiger partial charge in [0.05, 0.1) is 12.6 Å². The maximum atomic E-state index is 8.73. The molecule has 1 fully saturated rings. The summed E-state index contributed by atoms with van der Waals surface area (Å²) in [5.74, 6) is 0.555. The highest BCUT2D eigenvalue weighted by molar-refractivity contribution is 4.86. The third-order valence-corrected chi connectivity index (χ3v) is 2.71. The van der Waals surface area contributed by atoms with Crippen LogP contribution in [0.4, 0.5) is 0 Å². The third-order valence-electron chi connectivity index (χ3n) is 2.71. The predicted molar refractivity (Wildman–Crippen MR) is 54.5 cm³/mol. The van der Waals surface area contributed by atoms with Crippen molar-refractivity contribution in [2.45, 2.75) is 25.3 Å². The average Bonchev–Trinajstić information content (AvgIpc) is 2.14. The molecule has 0 aromatic carbocycles. The fourth-order valence-electron chi connectivity index (χ4n) is 2.17. The Labute approximate surface area is 85.3 Å². The second-order valence-electron chi connectivity index (χ2n) is 4.08. The van der Waals surface area contributed by atoms with Gasteiger partial charge in [-0.3, -0.25) is 4.90 Å². The minimum Gasteiger partial charge on any atom is -0.396 e. The number of nitriles is 1. The number of aliphatic hydroxyl groups is 1. The zero-order chi connectivity index (χ0) is 10.4. The van der Waals surface area contributed by atoms with E-state index in [2.05, 4.69) is 11.0 Å². The molecular weight excluding hydrogens is 178 g/mol. The molecule has 0 aromatic rings. The highest BCUT2D eigenvalue weighted by atomic mass is 16.2. The number of piperidine rings is 1. The molecule has 0 aromatic heterocycles. The van der Waals surface area contributed by atoms with Crippen LogP contribution < -0.4 is 5.73 Å². The number of nitrogens with zero attached hydrogens (tertiary/aromatic N) is 2. The quantitative estimate of drug-likeness (QED) is 0.619. The van der Waals surface area contributed by atoms with Gasteiger partial charge >= 0.3 is 0 Å². The Kier molecular flexibility index (Phi) is 4.88. The summed E-state index contributed by atoms with van der Waals surface area (Å²) in [6, 6.07) is 2.35. The highest BCUT2D eigenvalue weighted by Crippen LogP contribution is 2.19. The summed E-state index contributed by atoms with van der Waals surface area (Å²) >= 11 is 0. The van der Waals surface area contributed by atoms with Gasteiger partial charge in [0.25, 0.3) is 0 Å². The van der Waals surface area contributed by atoms with Crippen molar-refractivity contribution in [3.63, 3.8) is 0 Å². The Hall–Kier alpha value is -0.630. The molecule has 4 heteroatoms. The minimum atomic E-state index is 0.195. The van der Waals surface area contributed by atoms with Crippen LogP contribution in [-0.2, 0) is 0 Å². The average molecular weight is 197 g/mol. The fourth-order valence-corrected chi connectivity index (χ4v) is 2.17. The zero-order valence-corrected chi connectivity index (χ0v) is 8.52. The predicted octanol–water partition coefficient (Wildman–Crippen LogP) is -0.0683. The Morgan fingerprint density at radius 2 is 2.29 bits per heavy atom. The summed E-state index contributed by atoms with van der Waals surface area (Å²) < 4.78 is 0. The highest BCUT2D eigenvalue weighted by Gasteiger charge is 2.24. The van der Waals surface area contributed by atoms with Gasteiger partial charge in [0.2, 0.25) is 0 Å². The van der Waals surface area contributed by atoms with Gasteiger partial charge in [-0.05, 0) is 25.2 Å². The van der Waals surface area contributed by atoms with Crippen molar-refractivity contribution >= 4 is 0 Å². The van der Waals surface area contributed by atoms with E-state index in [4.69, 9.17) is 16.1 Å². The van der Waals surface area contributed by atoms with Crippen LogP contribution in [0.25, 0.3) is 0 Å². The number of likely N-dealkylation sites (tertiary alicyclic amines) is 1. The maximum Gasteiger partial charge on any atom is 0.0866 e. The first-order chi connectivity index (χ1) is 6.76. The zero-order valence-electron chi connectivity index (χ0n) is 8.52. The molecule has 1 rings (SSSR count). The van der Waals surface area contributed by atoms with E-state index in [-0.39, 0.29) is 12.6 Å². The molecule has 1 saturated heterocycles. The molecular formula is C10H19N3O. The van der Waals surface area contributed by atoms with Crippen molar-refractivity contribution < 1.29 is 5.11 Å². The van der Waals surface area contributed by atoms with Crippen molar-refractivity contribution in [1.29, 1.82) is 5.26 Å². The second kappa shape index (κ2) is 5.97. The van der Waals surface area contributed by atoms with Crippen LogP contribution in [0.3, 0.4) is 0 Å². The normalized spacial score (nSPS) is 28.6. The van der Waals surface area contributed by atoms with Crippen molar-refractivity contribution in [3.8, 4) is 6.07 Å². The molecule has 1 heterocycles. The molecule has 1 aliphatic rings. The molecule has 2 unspecified atom stereocenters. The summed E-state index contributed by atoms with van der Waals surface area (Å²) in [6.45, 7) is 2.53. The molecule has 3 N–H and O–H groups in total. The Morgan fingerprint density at radius 1 is 1.50 bits per heavy atom. The largest absolute Gasteiger partial charge is 0.396 e. The Balaban J connectivity index is 2.34. The van der Waals surface area contributed by atoms with Gasteiger partial charge in [-0.15, -0.1) is 0 Å². The Morgan fingerprint density at radius 3 is 2.93 bits per heavy atom. The smallest absolute Gasteiger partial charge is 0.0866 e. The van der Waals surface area contributed by atoms with E-state index in [0.717, 1.165) is 32.4 Å². The molecule has 4 nitrogen and oxygen atoms in total. The van der Waals surface area contributed by atoms with Gasteiger partial charge in [0.15, 0.2) is 0 Å². The monoisotopic (exact) mass is 197 g/mol. The number of aliphatic hydroxyl groups excluding tert-OH is 1. The van der Waals surface area contributed by atoms with Crippen LogP contribution in [0.2, 0.25) is 0 Å². The van der Waals surface area contributed by atoms with Gasteiger partial charge in [0.1, 0.15) is 0 Å².